The zero-order chi connectivity index (χ0) is 16.4. The molecule has 1 aromatic carbocycles. The van der Waals surface area contributed by atoms with E-state index in [1.807, 2.05) is 0 Å². The van der Waals surface area contributed by atoms with E-state index in [0.717, 1.165) is 12.8 Å². The van der Waals surface area contributed by atoms with Gasteiger partial charge in [0.2, 0.25) is 5.75 Å². The molecule has 1 N–H and O–H groups in total. The monoisotopic (exact) mass is 310 g/mol. The molecule has 22 heavy (non-hydrogen) atoms. The van der Waals surface area contributed by atoms with Gasteiger partial charge in [-0.2, -0.15) is 0 Å². The lowest BCUT2D eigenvalue weighted by molar-refractivity contribution is 0.0496. The lowest BCUT2D eigenvalue weighted by atomic mass is 10.1. The Labute approximate surface area is 132 Å². The fraction of sp³-hybridized carbons (Fsp3) is 0.588. The van der Waals surface area contributed by atoms with Crippen molar-refractivity contribution in [3.63, 3.8) is 0 Å². The van der Waals surface area contributed by atoms with E-state index in [9.17, 15) is 9.90 Å². The Bertz CT molecular complexity index is 470. The van der Waals surface area contributed by atoms with E-state index in [0.29, 0.717) is 12.4 Å². The van der Waals surface area contributed by atoms with Crippen molar-refractivity contribution in [1.29, 1.82) is 0 Å². The molecule has 0 aliphatic carbocycles. The number of phenols is 1. The molecule has 0 aromatic heterocycles. The molecule has 1 aromatic rings. The average molecular weight is 310 g/mol. The number of unbranched alkanes of at least 4 members (excludes halogenated alkanes) is 5. The van der Waals surface area contributed by atoms with Gasteiger partial charge in [-0.15, -0.1) is 0 Å². The highest BCUT2D eigenvalue weighted by Crippen LogP contribution is 2.37. The first-order chi connectivity index (χ1) is 10.6. The van der Waals surface area contributed by atoms with Crippen LogP contribution in [0.3, 0.4) is 0 Å². The maximum atomic E-state index is 12.0. The number of hydrogen-bond donors (Lipinski definition) is 1. The summed E-state index contributed by atoms with van der Waals surface area (Å²) in [4.78, 5) is 12.0. The van der Waals surface area contributed by atoms with Crippen molar-refractivity contribution in [2.45, 2.75) is 45.4 Å². The standard InChI is InChI=1S/C17H26O5/c1-4-5-6-7-8-9-10-22-17(19)13-11-14(18)16(21-3)15(12-13)20-2/h11-12,18H,4-10H2,1-3H3. The van der Waals surface area contributed by atoms with Crippen molar-refractivity contribution in [2.75, 3.05) is 20.8 Å². The van der Waals surface area contributed by atoms with Crippen molar-refractivity contribution >= 4 is 5.97 Å². The number of esters is 1. The van der Waals surface area contributed by atoms with Gasteiger partial charge in [-0.1, -0.05) is 39.0 Å². The van der Waals surface area contributed by atoms with E-state index in [1.165, 1.54) is 52.0 Å². The third-order valence-electron chi connectivity index (χ3n) is 3.43. The quantitative estimate of drug-likeness (QED) is 0.524. The van der Waals surface area contributed by atoms with Gasteiger partial charge in [0, 0.05) is 0 Å². The maximum Gasteiger partial charge on any atom is 0.338 e. The third kappa shape index (κ3) is 5.47. The van der Waals surface area contributed by atoms with E-state index < -0.39 is 5.97 Å². The summed E-state index contributed by atoms with van der Waals surface area (Å²) >= 11 is 0. The molecule has 0 spiro atoms. The van der Waals surface area contributed by atoms with Gasteiger partial charge in [0.15, 0.2) is 11.5 Å². The number of carbonyl (C=O) groups is 1. The third-order valence-corrected chi connectivity index (χ3v) is 3.43. The predicted octanol–water partition coefficient (Wildman–Crippen LogP) is 3.93. The van der Waals surface area contributed by atoms with Crippen LogP contribution in [-0.2, 0) is 4.74 Å². The van der Waals surface area contributed by atoms with Gasteiger partial charge in [0.1, 0.15) is 0 Å². The number of ether oxygens (including phenoxy) is 3. The molecule has 5 nitrogen and oxygen atoms in total. The highest BCUT2D eigenvalue weighted by Gasteiger charge is 2.16. The first-order valence-electron chi connectivity index (χ1n) is 7.76. The van der Waals surface area contributed by atoms with Crippen LogP contribution in [0.2, 0.25) is 0 Å². The molecule has 0 aliphatic rings. The van der Waals surface area contributed by atoms with E-state index in [-0.39, 0.29) is 17.1 Å². The van der Waals surface area contributed by atoms with E-state index in [2.05, 4.69) is 6.92 Å². The van der Waals surface area contributed by atoms with Gasteiger partial charge in [-0.3, -0.25) is 0 Å². The molecule has 0 fully saturated rings. The fourth-order valence-electron chi connectivity index (χ4n) is 2.19. The minimum absolute atomic E-state index is 0.145. The van der Waals surface area contributed by atoms with Crippen molar-refractivity contribution in [1.82, 2.24) is 0 Å². The second-order valence-electron chi connectivity index (χ2n) is 5.13. The molecule has 0 amide bonds. The van der Waals surface area contributed by atoms with Gasteiger partial charge in [0.25, 0.3) is 0 Å². The molecule has 0 saturated carbocycles. The first-order valence-corrected chi connectivity index (χ1v) is 7.76. The Kier molecular flexibility index (Phi) is 8.18. The smallest absolute Gasteiger partial charge is 0.338 e. The Morgan fingerprint density at radius 1 is 1.05 bits per heavy atom. The summed E-state index contributed by atoms with van der Waals surface area (Å²) in [6.45, 7) is 2.57. The second kappa shape index (κ2) is 9.92. The summed E-state index contributed by atoms with van der Waals surface area (Å²) < 4.78 is 15.3. The van der Waals surface area contributed by atoms with E-state index in [1.54, 1.807) is 0 Å². The zero-order valence-corrected chi connectivity index (χ0v) is 13.7. The van der Waals surface area contributed by atoms with E-state index in [4.69, 9.17) is 14.2 Å². The lowest BCUT2D eigenvalue weighted by Gasteiger charge is -2.11. The second-order valence-corrected chi connectivity index (χ2v) is 5.13. The molecule has 0 heterocycles. The van der Waals surface area contributed by atoms with Crippen molar-refractivity contribution < 1.29 is 24.1 Å². The highest BCUT2D eigenvalue weighted by atomic mass is 16.5. The van der Waals surface area contributed by atoms with Crippen LogP contribution in [0.5, 0.6) is 17.2 Å². The van der Waals surface area contributed by atoms with Crippen molar-refractivity contribution in [2.24, 2.45) is 0 Å². The normalized spacial score (nSPS) is 10.3. The van der Waals surface area contributed by atoms with Crippen LogP contribution in [0.1, 0.15) is 55.8 Å². The summed E-state index contributed by atoms with van der Waals surface area (Å²) in [6.07, 6.45) is 6.79. The Balaban J connectivity index is 2.47. The highest BCUT2D eigenvalue weighted by molar-refractivity contribution is 5.91. The molecule has 0 radical (unpaired) electrons. The number of aromatic hydroxyl groups is 1. The average Bonchev–Trinajstić information content (AvgIpc) is 2.52. The molecule has 0 aliphatic heterocycles. The van der Waals surface area contributed by atoms with Gasteiger partial charge in [0.05, 0.1) is 26.4 Å². The van der Waals surface area contributed by atoms with Gasteiger partial charge >= 0.3 is 5.97 Å². The molecule has 1 rings (SSSR count). The van der Waals surface area contributed by atoms with Crippen molar-refractivity contribution in [3.05, 3.63) is 17.7 Å². The minimum atomic E-state index is -0.468. The fourth-order valence-corrected chi connectivity index (χ4v) is 2.19. The van der Waals surface area contributed by atoms with Crippen LogP contribution in [-0.4, -0.2) is 31.9 Å². The summed E-state index contributed by atoms with van der Waals surface area (Å²) in [5.41, 5.74) is 0.251. The summed E-state index contributed by atoms with van der Waals surface area (Å²) in [7, 11) is 2.87. The molecular weight excluding hydrogens is 284 g/mol. The molecule has 124 valence electrons. The van der Waals surface area contributed by atoms with Gasteiger partial charge in [-0.05, 0) is 18.6 Å². The zero-order valence-electron chi connectivity index (χ0n) is 13.7. The summed E-state index contributed by atoms with van der Waals surface area (Å²) in [5, 5.41) is 9.83. The molecule has 0 bridgehead atoms. The largest absolute Gasteiger partial charge is 0.504 e. The molecule has 5 heteroatoms. The predicted molar refractivity (Wildman–Crippen MR) is 84.9 cm³/mol. The van der Waals surface area contributed by atoms with Crippen LogP contribution < -0.4 is 9.47 Å². The summed E-state index contributed by atoms with van der Waals surface area (Å²) in [6, 6.07) is 2.83. The van der Waals surface area contributed by atoms with Gasteiger partial charge < -0.3 is 19.3 Å². The number of rotatable bonds is 10. The SMILES string of the molecule is CCCCCCCCOC(=O)c1cc(O)c(OC)c(OC)c1. The van der Waals surface area contributed by atoms with Gasteiger partial charge in [-0.25, -0.2) is 4.79 Å². The maximum absolute atomic E-state index is 12.0. The van der Waals surface area contributed by atoms with Crippen molar-refractivity contribution in [3.8, 4) is 17.2 Å². The number of methoxy groups -OCH3 is 2. The van der Waals surface area contributed by atoms with Crippen LogP contribution in [0, 0.1) is 0 Å². The summed E-state index contributed by atoms with van der Waals surface area (Å²) in [5.74, 6) is -0.109. The minimum Gasteiger partial charge on any atom is -0.504 e. The van der Waals surface area contributed by atoms with E-state index >= 15 is 0 Å². The number of benzene rings is 1. The molecular formula is C17H26O5. The van der Waals surface area contributed by atoms with Crippen LogP contribution in [0.15, 0.2) is 12.1 Å². The molecule has 0 unspecified atom stereocenters. The number of phenolic OH excluding ortho intramolecular Hbond substituents is 1. The Morgan fingerprint density at radius 3 is 2.36 bits per heavy atom. The Hall–Kier alpha value is -1.91. The lowest BCUT2D eigenvalue weighted by Crippen LogP contribution is -2.07. The Morgan fingerprint density at radius 2 is 1.73 bits per heavy atom. The first kappa shape index (κ1) is 18.1. The van der Waals surface area contributed by atoms with Crippen LogP contribution in [0.25, 0.3) is 0 Å². The van der Waals surface area contributed by atoms with Crippen LogP contribution in [0.4, 0.5) is 0 Å². The molecule has 0 atom stereocenters. The number of hydrogen-bond acceptors (Lipinski definition) is 5. The molecule has 0 saturated heterocycles. The van der Waals surface area contributed by atoms with Crippen LogP contribution >= 0.6 is 0 Å². The topological polar surface area (TPSA) is 65.0 Å². The number of carbonyl (C=O) groups excluding carboxylic acids is 1.